The van der Waals surface area contributed by atoms with Crippen LogP contribution < -0.4 is 20.1 Å². The molecule has 0 spiro atoms. The van der Waals surface area contributed by atoms with Crippen LogP contribution in [0.25, 0.3) is 0 Å². The Morgan fingerprint density at radius 3 is 2.93 bits per heavy atom. The highest BCUT2D eigenvalue weighted by Gasteiger charge is 2.11. The normalized spacial score (nSPS) is 13.7. The lowest BCUT2D eigenvalue weighted by molar-refractivity contribution is -0.385. The van der Waals surface area contributed by atoms with Crippen molar-refractivity contribution in [3.8, 4) is 11.5 Å². The first-order chi connectivity index (χ1) is 13.2. The number of rotatable bonds is 6. The van der Waals surface area contributed by atoms with Crippen molar-refractivity contribution in [3.63, 3.8) is 0 Å². The summed E-state index contributed by atoms with van der Waals surface area (Å²) in [5.74, 6) is 2.05. The number of aliphatic imine (C=N–C) groups is 1. The van der Waals surface area contributed by atoms with Gasteiger partial charge in [0, 0.05) is 24.7 Å². The van der Waals surface area contributed by atoms with Gasteiger partial charge in [-0.15, -0.1) is 0 Å². The first kappa shape index (κ1) is 18.5. The third kappa shape index (κ3) is 5.09. The van der Waals surface area contributed by atoms with Crippen LogP contribution in [0.4, 0.5) is 11.4 Å². The number of nitrogens with one attached hydrogen (secondary N) is 2. The topological polar surface area (TPSA) is 116 Å². The van der Waals surface area contributed by atoms with Gasteiger partial charge < -0.3 is 20.1 Å². The predicted molar refractivity (Wildman–Crippen MR) is 101 cm³/mol. The van der Waals surface area contributed by atoms with Crippen molar-refractivity contribution in [3.05, 3.63) is 40.7 Å². The number of nitro groups is 1. The van der Waals surface area contributed by atoms with E-state index in [2.05, 4.69) is 20.7 Å². The van der Waals surface area contributed by atoms with E-state index in [4.69, 9.17) is 9.47 Å². The molecule has 1 aromatic heterocycles. The molecule has 144 valence electrons. The molecule has 0 fully saturated rings. The number of nitrogens with zero attached hydrogens (tertiary/aromatic N) is 4. The van der Waals surface area contributed by atoms with Crippen LogP contribution >= 0.6 is 0 Å². The summed E-state index contributed by atoms with van der Waals surface area (Å²) in [5.41, 5.74) is 0.796. The van der Waals surface area contributed by atoms with Crippen LogP contribution in [0.5, 0.6) is 11.5 Å². The van der Waals surface area contributed by atoms with Gasteiger partial charge in [-0.05, 0) is 19.1 Å². The van der Waals surface area contributed by atoms with Crippen LogP contribution in [0.2, 0.25) is 0 Å². The van der Waals surface area contributed by atoms with E-state index in [1.54, 1.807) is 0 Å². The van der Waals surface area contributed by atoms with E-state index >= 15 is 0 Å². The summed E-state index contributed by atoms with van der Waals surface area (Å²) < 4.78 is 12.8. The Hall–Kier alpha value is -3.30. The molecule has 0 aliphatic carbocycles. The minimum atomic E-state index is -0.470. The second kappa shape index (κ2) is 8.88. The zero-order chi connectivity index (χ0) is 19.1. The van der Waals surface area contributed by atoms with Gasteiger partial charge in [-0.1, -0.05) is 0 Å². The number of fused-ring (bicyclic) bond motifs is 1. The molecule has 27 heavy (non-hydrogen) atoms. The molecule has 0 radical (unpaired) electrons. The number of aromatic nitrogens is 2. The van der Waals surface area contributed by atoms with E-state index in [1.165, 1.54) is 17.1 Å². The van der Waals surface area contributed by atoms with Crippen molar-refractivity contribution >= 4 is 17.3 Å². The van der Waals surface area contributed by atoms with Gasteiger partial charge in [0.15, 0.2) is 17.5 Å². The highest BCUT2D eigenvalue weighted by molar-refractivity contribution is 5.93. The van der Waals surface area contributed by atoms with Crippen molar-refractivity contribution < 1.29 is 14.4 Å². The molecule has 10 heteroatoms. The molecule has 0 unspecified atom stereocenters. The molecule has 1 aliphatic heterocycles. The Morgan fingerprint density at radius 2 is 2.19 bits per heavy atom. The van der Waals surface area contributed by atoms with Crippen LogP contribution in [-0.4, -0.2) is 47.0 Å². The van der Waals surface area contributed by atoms with Gasteiger partial charge in [0.25, 0.3) is 0 Å². The summed E-state index contributed by atoms with van der Waals surface area (Å²) in [6.07, 6.45) is 3.47. The zero-order valence-electron chi connectivity index (χ0n) is 15.1. The maximum absolute atomic E-state index is 10.7. The second-order valence-corrected chi connectivity index (χ2v) is 5.82. The van der Waals surface area contributed by atoms with E-state index in [9.17, 15) is 10.1 Å². The molecule has 2 heterocycles. The number of benzene rings is 1. The van der Waals surface area contributed by atoms with Gasteiger partial charge in [0.05, 0.1) is 31.2 Å². The van der Waals surface area contributed by atoms with Gasteiger partial charge in [-0.25, -0.2) is 0 Å². The molecule has 0 saturated carbocycles. The van der Waals surface area contributed by atoms with Crippen LogP contribution in [0.15, 0.2) is 35.6 Å². The lowest BCUT2D eigenvalue weighted by Crippen LogP contribution is -2.31. The Balaban J connectivity index is 1.63. The summed E-state index contributed by atoms with van der Waals surface area (Å²) in [6, 6.07) is 5.65. The van der Waals surface area contributed by atoms with Crippen molar-refractivity contribution in [2.75, 3.05) is 31.6 Å². The van der Waals surface area contributed by atoms with Gasteiger partial charge in [0.1, 0.15) is 12.4 Å². The molecule has 0 atom stereocenters. The molecular weight excluding hydrogens is 352 g/mol. The summed E-state index contributed by atoms with van der Waals surface area (Å²) in [7, 11) is 0. The summed E-state index contributed by atoms with van der Waals surface area (Å²) in [4.78, 5) is 14.7. The van der Waals surface area contributed by atoms with E-state index in [1.807, 2.05) is 25.1 Å². The van der Waals surface area contributed by atoms with E-state index < -0.39 is 4.92 Å². The van der Waals surface area contributed by atoms with Crippen molar-refractivity contribution in [2.24, 2.45) is 4.99 Å². The number of ether oxygens (including phenoxy) is 2. The minimum Gasteiger partial charge on any atom is -0.490 e. The third-order valence-corrected chi connectivity index (χ3v) is 3.78. The first-order valence-corrected chi connectivity index (χ1v) is 8.77. The van der Waals surface area contributed by atoms with Crippen molar-refractivity contribution in [2.45, 2.75) is 19.9 Å². The minimum absolute atomic E-state index is 0.0313. The molecule has 2 N–H and O–H groups in total. The Labute approximate surface area is 156 Å². The Bertz CT molecular complexity index is 820. The number of guanidine groups is 1. The maximum Gasteiger partial charge on any atom is 0.306 e. The molecule has 3 rings (SSSR count). The third-order valence-electron chi connectivity index (χ3n) is 3.78. The number of anilines is 1. The lowest BCUT2D eigenvalue weighted by Gasteiger charge is -2.13. The smallest absolute Gasteiger partial charge is 0.306 e. The molecule has 0 bridgehead atoms. The monoisotopic (exact) mass is 374 g/mol. The molecule has 2 aromatic rings. The van der Waals surface area contributed by atoms with E-state index in [0.29, 0.717) is 44.6 Å². The molecular formula is C17H22N6O4. The van der Waals surface area contributed by atoms with Crippen molar-refractivity contribution in [1.82, 2.24) is 15.1 Å². The first-order valence-electron chi connectivity index (χ1n) is 8.77. The number of hydrogen-bond donors (Lipinski definition) is 2. The Kier molecular flexibility index (Phi) is 6.08. The summed E-state index contributed by atoms with van der Waals surface area (Å²) >= 11 is 0. The van der Waals surface area contributed by atoms with Gasteiger partial charge >= 0.3 is 5.69 Å². The molecule has 1 aliphatic rings. The molecule has 0 amide bonds. The summed E-state index contributed by atoms with van der Waals surface area (Å²) in [6.45, 7) is 4.80. The largest absolute Gasteiger partial charge is 0.490 e. The van der Waals surface area contributed by atoms with Crippen LogP contribution in [0.3, 0.4) is 0 Å². The SMILES string of the molecule is CCNC(=NCCn1cc([N+](=O)[O-])cn1)Nc1ccc2c(c1)OCCCO2. The molecule has 1 aromatic carbocycles. The van der Waals surface area contributed by atoms with Crippen LogP contribution in [0, 0.1) is 10.1 Å². The van der Waals surface area contributed by atoms with E-state index in [0.717, 1.165) is 17.9 Å². The van der Waals surface area contributed by atoms with Crippen LogP contribution in [0.1, 0.15) is 13.3 Å². The number of hydrogen-bond acceptors (Lipinski definition) is 6. The average molecular weight is 374 g/mol. The quantitative estimate of drug-likeness (QED) is 0.344. The fourth-order valence-corrected chi connectivity index (χ4v) is 2.52. The fourth-order valence-electron chi connectivity index (χ4n) is 2.52. The van der Waals surface area contributed by atoms with Crippen LogP contribution in [-0.2, 0) is 6.54 Å². The van der Waals surface area contributed by atoms with Gasteiger partial charge in [-0.2, -0.15) is 5.10 Å². The fraction of sp³-hybridized carbons (Fsp3) is 0.412. The maximum atomic E-state index is 10.7. The molecule has 0 saturated heterocycles. The average Bonchev–Trinajstić information content (AvgIpc) is 3.00. The summed E-state index contributed by atoms with van der Waals surface area (Å²) in [5, 5.41) is 21.0. The standard InChI is InChI=1S/C17H22N6O4/c1-2-18-17(19-6-7-22-12-14(11-20-22)23(24)25)21-13-4-5-15-16(10-13)27-9-3-8-26-15/h4-5,10-12H,2-3,6-9H2,1H3,(H2,18,19,21). The Morgan fingerprint density at radius 1 is 1.37 bits per heavy atom. The van der Waals surface area contributed by atoms with Gasteiger partial charge in [-0.3, -0.25) is 19.8 Å². The highest BCUT2D eigenvalue weighted by atomic mass is 16.6. The second-order valence-electron chi connectivity index (χ2n) is 5.82. The zero-order valence-corrected chi connectivity index (χ0v) is 15.1. The van der Waals surface area contributed by atoms with Gasteiger partial charge in [0.2, 0.25) is 0 Å². The van der Waals surface area contributed by atoms with Crippen molar-refractivity contribution in [1.29, 1.82) is 0 Å². The highest BCUT2D eigenvalue weighted by Crippen LogP contribution is 2.32. The predicted octanol–water partition coefficient (Wildman–Crippen LogP) is 2.03. The molecule has 10 nitrogen and oxygen atoms in total. The lowest BCUT2D eigenvalue weighted by atomic mass is 10.3. The van der Waals surface area contributed by atoms with E-state index in [-0.39, 0.29) is 5.69 Å².